The molecule has 1 rings (SSSR count). The Labute approximate surface area is 75.9 Å². The molecule has 0 unspecified atom stereocenters. The first-order valence-electron chi connectivity index (χ1n) is 4.98. The molecule has 0 amide bonds. The predicted octanol–water partition coefficient (Wildman–Crippen LogP) is 1.75. The zero-order valence-corrected chi connectivity index (χ0v) is 8.55. The van der Waals surface area contributed by atoms with Gasteiger partial charge in [0, 0.05) is 19.7 Å². The fourth-order valence-electron chi connectivity index (χ4n) is 1.95. The summed E-state index contributed by atoms with van der Waals surface area (Å²) in [6.45, 7) is 7.91. The molecule has 1 heterocycles. The Morgan fingerprint density at radius 3 is 2.83 bits per heavy atom. The van der Waals surface area contributed by atoms with Crippen molar-refractivity contribution in [2.24, 2.45) is 5.92 Å². The molecule has 0 aromatic rings. The summed E-state index contributed by atoms with van der Waals surface area (Å²) in [5, 5.41) is 0. The van der Waals surface area contributed by atoms with E-state index in [0.29, 0.717) is 0 Å². The fraction of sp³-hybridized carbons (Fsp3) is 1.00. The average molecular weight is 171 g/mol. The number of rotatable bonds is 3. The Morgan fingerprint density at radius 1 is 1.42 bits per heavy atom. The molecule has 0 bridgehead atoms. The second-order valence-electron chi connectivity index (χ2n) is 3.89. The number of hydrogen-bond acceptors (Lipinski definition) is 2. The third kappa shape index (κ3) is 2.46. The third-order valence-electron chi connectivity index (χ3n) is 3.09. The molecule has 2 atom stereocenters. The van der Waals surface area contributed by atoms with Crippen LogP contribution in [-0.2, 0) is 4.74 Å². The molecule has 0 spiro atoms. The van der Waals surface area contributed by atoms with Crippen LogP contribution in [0.5, 0.6) is 0 Å². The first-order chi connectivity index (χ1) is 5.75. The summed E-state index contributed by atoms with van der Waals surface area (Å²) >= 11 is 0. The van der Waals surface area contributed by atoms with E-state index in [1.165, 1.54) is 19.4 Å². The molecule has 72 valence electrons. The Hall–Kier alpha value is -0.0800. The van der Waals surface area contributed by atoms with Gasteiger partial charge in [-0.25, -0.2) is 0 Å². The van der Waals surface area contributed by atoms with Gasteiger partial charge < -0.3 is 4.74 Å². The third-order valence-corrected chi connectivity index (χ3v) is 3.09. The lowest BCUT2D eigenvalue weighted by Crippen LogP contribution is -2.43. The van der Waals surface area contributed by atoms with Crippen molar-refractivity contribution in [1.82, 2.24) is 4.90 Å². The van der Waals surface area contributed by atoms with Gasteiger partial charge in [-0.1, -0.05) is 6.92 Å². The van der Waals surface area contributed by atoms with Gasteiger partial charge in [0.15, 0.2) is 0 Å². The SMILES string of the molecule is COCCN1CCC[C@H](C)[C@@H]1C. The molecule has 0 saturated carbocycles. The maximum absolute atomic E-state index is 5.09. The average Bonchev–Trinajstić information content (AvgIpc) is 2.08. The van der Waals surface area contributed by atoms with Gasteiger partial charge >= 0.3 is 0 Å². The lowest BCUT2D eigenvalue weighted by molar-refractivity contribution is 0.0765. The molecule has 0 aromatic heterocycles. The molecule has 2 nitrogen and oxygen atoms in total. The molecular weight excluding hydrogens is 150 g/mol. The van der Waals surface area contributed by atoms with Crippen LogP contribution in [0.1, 0.15) is 26.7 Å². The highest BCUT2D eigenvalue weighted by Gasteiger charge is 2.23. The number of hydrogen-bond donors (Lipinski definition) is 0. The van der Waals surface area contributed by atoms with Crippen molar-refractivity contribution >= 4 is 0 Å². The van der Waals surface area contributed by atoms with Crippen LogP contribution >= 0.6 is 0 Å². The summed E-state index contributed by atoms with van der Waals surface area (Å²) in [6, 6.07) is 0.744. The van der Waals surface area contributed by atoms with E-state index in [9.17, 15) is 0 Å². The first kappa shape index (κ1) is 10.0. The molecule has 1 aliphatic heterocycles. The van der Waals surface area contributed by atoms with Crippen molar-refractivity contribution in [2.45, 2.75) is 32.7 Å². The number of nitrogens with zero attached hydrogens (tertiary/aromatic N) is 1. The summed E-state index contributed by atoms with van der Waals surface area (Å²) in [5.41, 5.74) is 0. The van der Waals surface area contributed by atoms with Gasteiger partial charge in [-0.05, 0) is 32.2 Å². The van der Waals surface area contributed by atoms with Crippen LogP contribution in [0.3, 0.4) is 0 Å². The lowest BCUT2D eigenvalue weighted by atomic mass is 9.92. The Morgan fingerprint density at radius 2 is 2.17 bits per heavy atom. The molecule has 2 heteroatoms. The second-order valence-corrected chi connectivity index (χ2v) is 3.89. The van der Waals surface area contributed by atoms with Crippen LogP contribution in [0.4, 0.5) is 0 Å². The minimum Gasteiger partial charge on any atom is -0.383 e. The molecule has 1 fully saturated rings. The normalized spacial score (nSPS) is 32.2. The van der Waals surface area contributed by atoms with Gasteiger partial charge in [0.25, 0.3) is 0 Å². The molecule has 0 aliphatic carbocycles. The van der Waals surface area contributed by atoms with E-state index < -0.39 is 0 Å². The summed E-state index contributed by atoms with van der Waals surface area (Å²) in [5.74, 6) is 0.857. The van der Waals surface area contributed by atoms with E-state index in [1.54, 1.807) is 7.11 Å². The van der Waals surface area contributed by atoms with Crippen LogP contribution in [0.25, 0.3) is 0 Å². The summed E-state index contributed by atoms with van der Waals surface area (Å²) in [6.07, 6.45) is 2.75. The van der Waals surface area contributed by atoms with E-state index in [-0.39, 0.29) is 0 Å². The van der Waals surface area contributed by atoms with Gasteiger partial charge in [0.05, 0.1) is 6.61 Å². The zero-order valence-electron chi connectivity index (χ0n) is 8.55. The van der Waals surface area contributed by atoms with Crippen LogP contribution in [0.15, 0.2) is 0 Å². The monoisotopic (exact) mass is 171 g/mol. The van der Waals surface area contributed by atoms with E-state index in [1.807, 2.05) is 0 Å². The standard InChI is InChI=1S/C10H21NO/c1-9-5-4-6-11(10(9)2)7-8-12-3/h9-10H,4-8H2,1-3H3/t9-,10-/m0/s1. The second kappa shape index (κ2) is 4.83. The van der Waals surface area contributed by atoms with Gasteiger partial charge in [-0.15, -0.1) is 0 Å². The van der Waals surface area contributed by atoms with Crippen LogP contribution in [0, 0.1) is 5.92 Å². The molecule has 1 aliphatic rings. The van der Waals surface area contributed by atoms with Crippen molar-refractivity contribution in [3.05, 3.63) is 0 Å². The number of piperidine rings is 1. The fourth-order valence-corrected chi connectivity index (χ4v) is 1.95. The van der Waals surface area contributed by atoms with Gasteiger partial charge in [-0.2, -0.15) is 0 Å². The Bertz CT molecular complexity index is 127. The van der Waals surface area contributed by atoms with Crippen molar-refractivity contribution in [3.8, 4) is 0 Å². The lowest BCUT2D eigenvalue weighted by Gasteiger charge is -2.37. The molecule has 0 aromatic carbocycles. The number of ether oxygens (including phenoxy) is 1. The van der Waals surface area contributed by atoms with Crippen LogP contribution in [-0.4, -0.2) is 37.7 Å². The van der Waals surface area contributed by atoms with Crippen LogP contribution < -0.4 is 0 Å². The Balaban J connectivity index is 2.30. The maximum atomic E-state index is 5.09. The zero-order chi connectivity index (χ0) is 8.97. The van der Waals surface area contributed by atoms with E-state index in [4.69, 9.17) is 4.74 Å². The van der Waals surface area contributed by atoms with Gasteiger partial charge in [0.2, 0.25) is 0 Å². The summed E-state index contributed by atoms with van der Waals surface area (Å²) < 4.78 is 5.09. The predicted molar refractivity (Wildman–Crippen MR) is 51.3 cm³/mol. The number of methoxy groups -OCH3 is 1. The van der Waals surface area contributed by atoms with Gasteiger partial charge in [0.1, 0.15) is 0 Å². The van der Waals surface area contributed by atoms with Crippen molar-refractivity contribution in [1.29, 1.82) is 0 Å². The van der Waals surface area contributed by atoms with Crippen molar-refractivity contribution in [2.75, 3.05) is 26.8 Å². The quantitative estimate of drug-likeness (QED) is 0.641. The highest BCUT2D eigenvalue weighted by Crippen LogP contribution is 2.21. The van der Waals surface area contributed by atoms with E-state index in [0.717, 1.165) is 25.1 Å². The first-order valence-corrected chi connectivity index (χ1v) is 4.98. The molecule has 12 heavy (non-hydrogen) atoms. The van der Waals surface area contributed by atoms with E-state index >= 15 is 0 Å². The smallest absolute Gasteiger partial charge is 0.0589 e. The van der Waals surface area contributed by atoms with E-state index in [2.05, 4.69) is 18.7 Å². The largest absolute Gasteiger partial charge is 0.383 e. The topological polar surface area (TPSA) is 12.5 Å². The maximum Gasteiger partial charge on any atom is 0.0589 e. The minimum absolute atomic E-state index is 0.744. The van der Waals surface area contributed by atoms with Crippen molar-refractivity contribution in [3.63, 3.8) is 0 Å². The molecular formula is C10H21NO. The van der Waals surface area contributed by atoms with Gasteiger partial charge in [-0.3, -0.25) is 4.90 Å². The minimum atomic E-state index is 0.744. The van der Waals surface area contributed by atoms with Crippen LogP contribution in [0.2, 0.25) is 0 Å². The highest BCUT2D eigenvalue weighted by molar-refractivity contribution is 4.77. The number of likely N-dealkylation sites (tertiary alicyclic amines) is 1. The molecule has 0 N–H and O–H groups in total. The van der Waals surface area contributed by atoms with Crippen molar-refractivity contribution < 1.29 is 4.74 Å². The summed E-state index contributed by atoms with van der Waals surface area (Å²) in [7, 11) is 1.78. The molecule has 0 radical (unpaired) electrons. The summed E-state index contributed by atoms with van der Waals surface area (Å²) in [4.78, 5) is 2.54. The highest BCUT2D eigenvalue weighted by atomic mass is 16.5. The Kier molecular flexibility index (Phi) is 4.02. The molecule has 1 saturated heterocycles.